The minimum Gasteiger partial charge on any atom is -0.495 e. The number of rotatable bonds is 6. The number of H-pyrrole nitrogens is 1. The number of sulfonamides is 1. The first-order chi connectivity index (χ1) is 12.3. The molecule has 2 aromatic carbocycles. The molecule has 0 atom stereocenters. The van der Waals surface area contributed by atoms with Crippen LogP contribution in [0.5, 0.6) is 5.75 Å². The van der Waals surface area contributed by atoms with E-state index in [-0.39, 0.29) is 23.0 Å². The van der Waals surface area contributed by atoms with E-state index >= 15 is 0 Å². The molecule has 3 aromatic rings. The lowest BCUT2D eigenvalue weighted by Crippen LogP contribution is -2.26. The second kappa shape index (κ2) is 7.05. The fraction of sp³-hybridized carbons (Fsp3) is 0.222. The Kier molecular flexibility index (Phi) is 4.97. The van der Waals surface area contributed by atoms with Crippen molar-refractivity contribution in [1.29, 1.82) is 0 Å². The average Bonchev–Trinajstić information content (AvgIpc) is 2.90. The number of benzene rings is 2. The van der Waals surface area contributed by atoms with Gasteiger partial charge in [-0.3, -0.25) is 0 Å². The molecule has 0 amide bonds. The minimum atomic E-state index is -3.95. The van der Waals surface area contributed by atoms with Crippen molar-refractivity contribution < 1.29 is 21.9 Å². The zero-order valence-corrected chi connectivity index (χ0v) is 15.1. The van der Waals surface area contributed by atoms with Gasteiger partial charge in [-0.25, -0.2) is 21.9 Å². The van der Waals surface area contributed by atoms with Crippen molar-refractivity contribution in [2.45, 2.75) is 18.2 Å². The smallest absolute Gasteiger partial charge is 0.244 e. The molecule has 0 bridgehead atoms. The molecule has 2 N–H and O–H groups in total. The van der Waals surface area contributed by atoms with E-state index in [1.807, 2.05) is 6.92 Å². The maximum atomic E-state index is 13.5. The molecule has 0 saturated heterocycles. The van der Waals surface area contributed by atoms with Crippen LogP contribution in [0.4, 0.5) is 8.78 Å². The molecule has 0 spiro atoms. The van der Waals surface area contributed by atoms with E-state index in [0.29, 0.717) is 11.8 Å². The lowest BCUT2D eigenvalue weighted by atomic mass is 10.1. The highest BCUT2D eigenvalue weighted by Crippen LogP contribution is 2.25. The van der Waals surface area contributed by atoms with Crippen molar-refractivity contribution in [2.24, 2.45) is 0 Å². The number of nitrogens with one attached hydrogen (secondary N) is 2. The van der Waals surface area contributed by atoms with Gasteiger partial charge in [0, 0.05) is 23.1 Å². The molecule has 5 nitrogen and oxygen atoms in total. The predicted octanol–water partition coefficient (Wildman–Crippen LogP) is 3.28. The Labute approximate surface area is 150 Å². The number of halogens is 2. The zero-order valence-electron chi connectivity index (χ0n) is 14.3. The average molecular weight is 380 g/mol. The molecule has 0 aliphatic carbocycles. The fourth-order valence-electron chi connectivity index (χ4n) is 2.93. The Hall–Kier alpha value is -2.45. The fourth-order valence-corrected chi connectivity index (χ4v) is 4.14. The molecule has 0 aliphatic heterocycles. The summed E-state index contributed by atoms with van der Waals surface area (Å²) in [6.45, 7) is 1.92. The molecular weight excluding hydrogens is 362 g/mol. The molecule has 0 aliphatic rings. The second-order valence-corrected chi connectivity index (χ2v) is 7.60. The topological polar surface area (TPSA) is 71.2 Å². The molecule has 138 valence electrons. The number of aromatic amines is 1. The van der Waals surface area contributed by atoms with E-state index in [9.17, 15) is 17.2 Å². The van der Waals surface area contributed by atoms with Crippen molar-refractivity contribution in [1.82, 2.24) is 9.71 Å². The van der Waals surface area contributed by atoms with Crippen LogP contribution in [0, 0.1) is 18.6 Å². The third kappa shape index (κ3) is 3.56. The quantitative estimate of drug-likeness (QED) is 0.689. The van der Waals surface area contributed by atoms with Gasteiger partial charge in [0.25, 0.3) is 0 Å². The summed E-state index contributed by atoms with van der Waals surface area (Å²) in [5.74, 6) is -0.971. The summed E-state index contributed by atoms with van der Waals surface area (Å²) in [5.41, 5.74) is 2.45. The number of hydrogen-bond acceptors (Lipinski definition) is 3. The second-order valence-electron chi connectivity index (χ2n) is 5.86. The number of aromatic nitrogens is 1. The molecule has 1 aromatic heterocycles. The van der Waals surface area contributed by atoms with Crippen LogP contribution in [0.3, 0.4) is 0 Å². The number of hydrogen-bond donors (Lipinski definition) is 2. The zero-order chi connectivity index (χ0) is 18.9. The molecule has 1 heterocycles. The SMILES string of the molecule is COc1ccc(F)cc1S(=O)(=O)NCCc1c(C)[nH]c2ccc(F)cc12. The Bertz CT molecular complexity index is 1060. The van der Waals surface area contributed by atoms with E-state index in [1.54, 1.807) is 6.07 Å². The third-order valence-electron chi connectivity index (χ3n) is 4.16. The molecule has 3 rings (SSSR count). The van der Waals surface area contributed by atoms with Crippen molar-refractivity contribution in [3.8, 4) is 5.75 Å². The lowest BCUT2D eigenvalue weighted by Gasteiger charge is -2.11. The van der Waals surface area contributed by atoms with Crippen LogP contribution in [0.2, 0.25) is 0 Å². The highest BCUT2D eigenvalue weighted by molar-refractivity contribution is 7.89. The molecular formula is C18H18F2N2O3S. The Morgan fingerprint density at radius 1 is 1.12 bits per heavy atom. The van der Waals surface area contributed by atoms with Gasteiger partial charge in [-0.2, -0.15) is 0 Å². The van der Waals surface area contributed by atoms with Crippen LogP contribution in [-0.2, 0) is 16.4 Å². The minimum absolute atomic E-state index is 0.0595. The van der Waals surface area contributed by atoms with Gasteiger partial charge >= 0.3 is 0 Å². The van der Waals surface area contributed by atoms with Gasteiger partial charge in [0.15, 0.2) is 0 Å². The predicted molar refractivity (Wildman–Crippen MR) is 94.8 cm³/mol. The number of methoxy groups -OCH3 is 1. The van der Waals surface area contributed by atoms with E-state index in [2.05, 4.69) is 9.71 Å². The van der Waals surface area contributed by atoms with Gasteiger partial charge in [0.05, 0.1) is 7.11 Å². The van der Waals surface area contributed by atoms with E-state index < -0.39 is 15.8 Å². The van der Waals surface area contributed by atoms with Crippen molar-refractivity contribution in [2.75, 3.05) is 13.7 Å². The monoisotopic (exact) mass is 380 g/mol. The maximum Gasteiger partial charge on any atom is 0.244 e. The van der Waals surface area contributed by atoms with Crippen LogP contribution < -0.4 is 9.46 Å². The molecule has 0 unspecified atom stereocenters. The Morgan fingerprint density at radius 2 is 1.81 bits per heavy atom. The summed E-state index contributed by atoms with van der Waals surface area (Å²) < 4.78 is 59.3. The highest BCUT2D eigenvalue weighted by atomic mass is 32.2. The van der Waals surface area contributed by atoms with E-state index in [0.717, 1.165) is 28.9 Å². The molecule has 26 heavy (non-hydrogen) atoms. The number of aryl methyl sites for hydroxylation is 1. The first-order valence-electron chi connectivity index (χ1n) is 7.92. The highest BCUT2D eigenvalue weighted by Gasteiger charge is 2.20. The van der Waals surface area contributed by atoms with Gasteiger partial charge < -0.3 is 9.72 Å². The van der Waals surface area contributed by atoms with Crippen LogP contribution in [0.1, 0.15) is 11.3 Å². The van der Waals surface area contributed by atoms with Crippen LogP contribution >= 0.6 is 0 Å². The van der Waals surface area contributed by atoms with Crippen molar-refractivity contribution in [3.63, 3.8) is 0 Å². The normalized spacial score (nSPS) is 11.8. The van der Waals surface area contributed by atoms with Crippen LogP contribution in [-0.4, -0.2) is 27.1 Å². The molecule has 0 radical (unpaired) electrons. The van der Waals surface area contributed by atoms with Gasteiger partial charge in [-0.05, 0) is 55.3 Å². The molecule has 0 saturated carbocycles. The van der Waals surface area contributed by atoms with E-state index in [1.165, 1.54) is 25.3 Å². The Morgan fingerprint density at radius 3 is 2.54 bits per heavy atom. The van der Waals surface area contributed by atoms with Crippen molar-refractivity contribution >= 4 is 20.9 Å². The summed E-state index contributed by atoms with van der Waals surface area (Å²) in [5, 5.41) is 0.713. The van der Waals surface area contributed by atoms with Gasteiger partial charge in [0.2, 0.25) is 10.0 Å². The Balaban J connectivity index is 1.81. The van der Waals surface area contributed by atoms with Crippen LogP contribution in [0.15, 0.2) is 41.3 Å². The first-order valence-corrected chi connectivity index (χ1v) is 9.40. The first kappa shape index (κ1) is 18.3. The third-order valence-corrected chi connectivity index (χ3v) is 5.65. The van der Waals surface area contributed by atoms with Gasteiger partial charge in [-0.15, -0.1) is 0 Å². The summed E-state index contributed by atoms with van der Waals surface area (Å²) in [7, 11) is -2.64. The maximum absolute atomic E-state index is 13.5. The van der Waals surface area contributed by atoms with Crippen molar-refractivity contribution in [3.05, 3.63) is 59.3 Å². The summed E-state index contributed by atoms with van der Waals surface area (Å²) in [4.78, 5) is 2.88. The van der Waals surface area contributed by atoms with E-state index in [4.69, 9.17) is 4.74 Å². The summed E-state index contributed by atoms with van der Waals surface area (Å²) in [6.07, 6.45) is 0.353. The largest absolute Gasteiger partial charge is 0.495 e. The van der Waals surface area contributed by atoms with Crippen LogP contribution in [0.25, 0.3) is 10.9 Å². The molecule has 0 fully saturated rings. The standard InChI is InChI=1S/C18H18F2N2O3S/c1-11-14(15-9-12(19)3-5-16(15)22-11)7-8-21-26(23,24)18-10-13(20)4-6-17(18)25-2/h3-6,9-10,21-22H,7-8H2,1-2H3. The van der Waals surface area contributed by atoms with Gasteiger partial charge in [0.1, 0.15) is 22.3 Å². The number of ether oxygens (including phenoxy) is 1. The number of fused-ring (bicyclic) bond motifs is 1. The summed E-state index contributed by atoms with van der Waals surface area (Å²) >= 11 is 0. The summed E-state index contributed by atoms with van der Waals surface area (Å²) in [6, 6.07) is 7.72. The molecule has 8 heteroatoms. The van der Waals surface area contributed by atoms with Gasteiger partial charge in [-0.1, -0.05) is 0 Å². The lowest BCUT2D eigenvalue weighted by molar-refractivity contribution is 0.400.